The highest BCUT2D eigenvalue weighted by Crippen LogP contribution is 2.20. The number of urea groups is 1. The van der Waals surface area contributed by atoms with Gasteiger partial charge in [0.25, 0.3) is 0 Å². The molecular weight excluding hydrogens is 340 g/mol. The molecule has 1 aromatic rings. The Balaban J connectivity index is 1.28. The van der Waals surface area contributed by atoms with E-state index in [1.54, 1.807) is 0 Å². The van der Waals surface area contributed by atoms with E-state index in [1.165, 1.54) is 38.8 Å². The van der Waals surface area contributed by atoms with Crippen LogP contribution < -0.4 is 10.6 Å². The summed E-state index contributed by atoms with van der Waals surface area (Å²) >= 11 is 0. The molecule has 0 aliphatic carbocycles. The molecule has 0 spiro atoms. The number of carbonyl (C=O) groups is 1. The molecule has 2 unspecified atom stereocenters. The zero-order valence-electron chi connectivity index (χ0n) is 17.0. The molecule has 27 heavy (non-hydrogen) atoms. The minimum atomic E-state index is -0.0778. The molecule has 0 bridgehead atoms. The van der Waals surface area contributed by atoms with Gasteiger partial charge in [-0.2, -0.15) is 0 Å². The van der Waals surface area contributed by atoms with Gasteiger partial charge in [0.2, 0.25) is 0 Å². The topological polar surface area (TPSA) is 75.1 Å². The van der Waals surface area contributed by atoms with Gasteiger partial charge in [-0.1, -0.05) is 20.3 Å². The quantitative estimate of drug-likeness (QED) is 0.716. The van der Waals surface area contributed by atoms with Gasteiger partial charge in [0, 0.05) is 45.6 Å². The van der Waals surface area contributed by atoms with Crippen molar-refractivity contribution in [2.45, 2.75) is 65.3 Å². The van der Waals surface area contributed by atoms with Gasteiger partial charge in [-0.3, -0.25) is 0 Å². The molecule has 152 valence electrons. The first kappa shape index (κ1) is 20.1. The van der Waals surface area contributed by atoms with Gasteiger partial charge in [-0.05, 0) is 44.1 Å². The lowest BCUT2D eigenvalue weighted by Gasteiger charge is -2.34. The smallest absolute Gasteiger partial charge is 0.314 e. The predicted octanol–water partition coefficient (Wildman–Crippen LogP) is 2.21. The minimum Gasteiger partial charge on any atom is -0.338 e. The van der Waals surface area contributed by atoms with Crippen LogP contribution >= 0.6 is 0 Å². The van der Waals surface area contributed by atoms with E-state index in [4.69, 9.17) is 0 Å². The largest absolute Gasteiger partial charge is 0.338 e. The summed E-state index contributed by atoms with van der Waals surface area (Å²) in [6, 6.07) is -0.0778. The molecule has 2 aliphatic heterocycles. The van der Waals surface area contributed by atoms with Crippen LogP contribution in [0.2, 0.25) is 0 Å². The maximum Gasteiger partial charge on any atom is 0.314 e. The molecule has 1 aromatic heterocycles. The lowest BCUT2D eigenvalue weighted by atomic mass is 9.92. The average molecular weight is 377 g/mol. The van der Waals surface area contributed by atoms with Crippen molar-refractivity contribution >= 4 is 6.03 Å². The van der Waals surface area contributed by atoms with E-state index in [9.17, 15) is 4.79 Å². The number of amides is 2. The van der Waals surface area contributed by atoms with Gasteiger partial charge in [0.1, 0.15) is 11.6 Å². The summed E-state index contributed by atoms with van der Waals surface area (Å²) in [4.78, 5) is 14.5. The molecule has 2 amide bonds. The molecule has 3 rings (SSSR count). The fourth-order valence-electron chi connectivity index (χ4n) is 4.56. The molecule has 1 fully saturated rings. The van der Waals surface area contributed by atoms with E-state index in [2.05, 4.69) is 44.1 Å². The van der Waals surface area contributed by atoms with Crippen LogP contribution in [0, 0.1) is 11.8 Å². The first-order valence-corrected chi connectivity index (χ1v) is 10.8. The lowest BCUT2D eigenvalue weighted by molar-refractivity contribution is 0.139. The van der Waals surface area contributed by atoms with Crippen molar-refractivity contribution in [3.63, 3.8) is 0 Å². The van der Waals surface area contributed by atoms with Crippen molar-refractivity contribution in [3.8, 4) is 0 Å². The van der Waals surface area contributed by atoms with E-state index in [1.807, 2.05) is 0 Å². The number of nitrogens with zero attached hydrogens (tertiary/aromatic N) is 4. The molecule has 2 atom stereocenters. The maximum atomic E-state index is 12.0. The zero-order valence-corrected chi connectivity index (χ0v) is 17.0. The number of hydrogen-bond donors (Lipinski definition) is 2. The molecule has 0 aromatic carbocycles. The number of aryl methyl sites for hydroxylation is 1. The molecule has 7 nitrogen and oxygen atoms in total. The second-order valence-electron chi connectivity index (χ2n) is 8.49. The van der Waals surface area contributed by atoms with E-state index < -0.39 is 0 Å². The Bertz CT molecular complexity index is 591. The lowest BCUT2D eigenvalue weighted by Crippen LogP contribution is -2.41. The minimum absolute atomic E-state index is 0.0778. The maximum absolute atomic E-state index is 12.0. The Morgan fingerprint density at radius 1 is 1.07 bits per heavy atom. The summed E-state index contributed by atoms with van der Waals surface area (Å²) in [5, 5.41) is 14.6. The highest BCUT2D eigenvalue weighted by Gasteiger charge is 2.21. The fourth-order valence-corrected chi connectivity index (χ4v) is 4.56. The highest BCUT2D eigenvalue weighted by molar-refractivity contribution is 5.73. The van der Waals surface area contributed by atoms with Gasteiger partial charge in [0.15, 0.2) is 0 Å². The second kappa shape index (κ2) is 10.1. The van der Waals surface area contributed by atoms with Crippen molar-refractivity contribution in [2.75, 3.05) is 32.7 Å². The van der Waals surface area contributed by atoms with Crippen molar-refractivity contribution in [3.05, 3.63) is 11.6 Å². The third-order valence-electron chi connectivity index (χ3n) is 5.70. The van der Waals surface area contributed by atoms with E-state index in [0.29, 0.717) is 6.54 Å². The van der Waals surface area contributed by atoms with Crippen LogP contribution in [-0.2, 0) is 19.4 Å². The second-order valence-corrected chi connectivity index (χ2v) is 8.49. The van der Waals surface area contributed by atoms with E-state index in [0.717, 1.165) is 62.4 Å². The van der Waals surface area contributed by atoms with Gasteiger partial charge < -0.3 is 20.1 Å². The van der Waals surface area contributed by atoms with Crippen LogP contribution in [0.4, 0.5) is 4.79 Å². The number of fused-ring (bicyclic) bond motifs is 1. The van der Waals surface area contributed by atoms with Gasteiger partial charge in [0.05, 0.1) is 0 Å². The van der Waals surface area contributed by atoms with Crippen LogP contribution in [0.3, 0.4) is 0 Å². The first-order valence-electron chi connectivity index (χ1n) is 10.8. The molecule has 3 heterocycles. The van der Waals surface area contributed by atoms with Crippen LogP contribution in [0.15, 0.2) is 0 Å². The summed E-state index contributed by atoms with van der Waals surface area (Å²) in [5.41, 5.74) is 0. The summed E-state index contributed by atoms with van der Waals surface area (Å²) in [6.07, 6.45) is 7.77. The Labute approximate surface area is 163 Å². The number of hydrogen-bond acceptors (Lipinski definition) is 4. The molecule has 2 N–H and O–H groups in total. The Kier molecular flexibility index (Phi) is 7.50. The van der Waals surface area contributed by atoms with Crippen molar-refractivity contribution in [1.29, 1.82) is 0 Å². The van der Waals surface area contributed by atoms with Gasteiger partial charge >= 0.3 is 6.03 Å². The molecule has 7 heteroatoms. The Morgan fingerprint density at radius 3 is 2.67 bits per heavy atom. The predicted molar refractivity (Wildman–Crippen MR) is 107 cm³/mol. The zero-order chi connectivity index (χ0) is 19.1. The van der Waals surface area contributed by atoms with Crippen LogP contribution in [-0.4, -0.2) is 58.4 Å². The number of likely N-dealkylation sites (tertiary alicyclic amines) is 1. The monoisotopic (exact) mass is 376 g/mol. The summed E-state index contributed by atoms with van der Waals surface area (Å²) in [7, 11) is 0. The number of rotatable bonds is 7. The Hall–Kier alpha value is -1.63. The van der Waals surface area contributed by atoms with E-state index >= 15 is 0 Å². The van der Waals surface area contributed by atoms with Gasteiger partial charge in [-0.15, -0.1) is 10.2 Å². The fraction of sp³-hybridized carbons (Fsp3) is 0.850. The van der Waals surface area contributed by atoms with Crippen molar-refractivity contribution < 1.29 is 4.79 Å². The summed E-state index contributed by atoms with van der Waals surface area (Å²) in [6.45, 7) is 10.5. The summed E-state index contributed by atoms with van der Waals surface area (Å²) < 4.78 is 2.24. The first-order chi connectivity index (χ1) is 13.1. The third-order valence-corrected chi connectivity index (χ3v) is 5.70. The molecule has 0 radical (unpaired) electrons. The van der Waals surface area contributed by atoms with Gasteiger partial charge in [-0.25, -0.2) is 4.79 Å². The van der Waals surface area contributed by atoms with Crippen molar-refractivity contribution in [1.82, 2.24) is 30.3 Å². The summed E-state index contributed by atoms with van der Waals surface area (Å²) in [5.74, 6) is 3.68. The van der Waals surface area contributed by atoms with Crippen molar-refractivity contribution in [2.24, 2.45) is 11.8 Å². The molecular formula is C20H36N6O. The highest BCUT2D eigenvalue weighted by atomic mass is 16.2. The standard InChI is InChI=1S/C20H36N6O/c1-16-13-17(2)15-25(14-16)11-6-9-21-20(27)22-10-8-19-24-23-18-7-4-3-5-12-26(18)19/h16-17H,3-15H2,1-2H3,(H2,21,22,27). The van der Waals surface area contributed by atoms with E-state index in [-0.39, 0.29) is 6.03 Å². The number of carbonyl (C=O) groups excluding carboxylic acids is 1. The molecule has 0 saturated carbocycles. The number of nitrogens with one attached hydrogen (secondary N) is 2. The SMILES string of the molecule is CC1CC(C)CN(CCCNC(=O)NCCc2nnc3n2CCCCC3)C1. The normalized spacial score (nSPS) is 23.5. The Morgan fingerprint density at radius 2 is 1.85 bits per heavy atom. The average Bonchev–Trinajstić information content (AvgIpc) is 2.85. The molecule has 1 saturated heterocycles. The number of aromatic nitrogens is 3. The number of piperidine rings is 1. The van der Waals surface area contributed by atoms with Crippen LogP contribution in [0.1, 0.15) is 57.6 Å². The van der Waals surface area contributed by atoms with Crippen LogP contribution in [0.5, 0.6) is 0 Å². The van der Waals surface area contributed by atoms with Crippen LogP contribution in [0.25, 0.3) is 0 Å². The molecule has 2 aliphatic rings. The third kappa shape index (κ3) is 6.19.